The topological polar surface area (TPSA) is 68.8 Å². The van der Waals surface area contributed by atoms with Crippen LogP contribution in [0.15, 0.2) is 29.3 Å². The summed E-state index contributed by atoms with van der Waals surface area (Å²) in [6, 6.07) is 8.78. The Labute approximate surface area is 180 Å². The number of benzene rings is 1. The first-order valence-electron chi connectivity index (χ1n) is 9.74. The summed E-state index contributed by atoms with van der Waals surface area (Å²) in [6.45, 7) is 9.75. The highest BCUT2D eigenvalue weighted by Crippen LogP contribution is 2.13. The van der Waals surface area contributed by atoms with E-state index in [1.165, 1.54) is 50.4 Å². The molecule has 0 saturated carbocycles. The minimum Gasteiger partial charge on any atom is -0.357 e. The lowest BCUT2D eigenvalue weighted by Crippen LogP contribution is -2.41. The van der Waals surface area contributed by atoms with Crippen molar-refractivity contribution in [3.05, 3.63) is 35.4 Å². The number of piperidine rings is 1. The maximum atomic E-state index is 10.9. The zero-order valence-electron chi connectivity index (χ0n) is 16.6. The Kier molecular flexibility index (Phi) is 12.1. The van der Waals surface area contributed by atoms with Gasteiger partial charge in [0, 0.05) is 33.1 Å². The van der Waals surface area contributed by atoms with Gasteiger partial charge in [-0.15, -0.1) is 24.0 Å². The molecule has 2 rings (SSSR count). The zero-order chi connectivity index (χ0) is 18.6. The predicted octanol–water partition coefficient (Wildman–Crippen LogP) is 2.48. The number of nitrogens with zero attached hydrogens (tertiary/aromatic N) is 2. The number of hydrogen-bond acceptors (Lipinski definition) is 3. The Hall–Kier alpha value is -1.35. The molecule has 0 radical (unpaired) electrons. The Bertz CT molecular complexity index is 570. The number of rotatable bonds is 8. The van der Waals surface area contributed by atoms with E-state index in [9.17, 15) is 4.79 Å². The Balaban J connectivity index is 0.00000364. The van der Waals surface area contributed by atoms with Crippen molar-refractivity contribution in [2.75, 3.05) is 32.7 Å². The molecule has 1 aromatic carbocycles. The van der Waals surface area contributed by atoms with E-state index < -0.39 is 0 Å². The van der Waals surface area contributed by atoms with Crippen molar-refractivity contribution in [2.45, 2.75) is 46.2 Å². The van der Waals surface area contributed by atoms with Gasteiger partial charge in [0.1, 0.15) is 0 Å². The summed E-state index contributed by atoms with van der Waals surface area (Å²) in [5.41, 5.74) is 2.58. The van der Waals surface area contributed by atoms with E-state index in [4.69, 9.17) is 0 Å². The number of nitrogens with one attached hydrogen (secondary N) is 3. The Morgan fingerprint density at radius 2 is 1.63 bits per heavy atom. The molecular weight excluding hydrogens is 453 g/mol. The van der Waals surface area contributed by atoms with Gasteiger partial charge in [-0.25, -0.2) is 4.99 Å². The second-order valence-corrected chi connectivity index (χ2v) is 6.76. The van der Waals surface area contributed by atoms with Crippen LogP contribution in [0.5, 0.6) is 0 Å². The summed E-state index contributed by atoms with van der Waals surface area (Å²) < 4.78 is 0. The van der Waals surface area contributed by atoms with Crippen molar-refractivity contribution in [3.63, 3.8) is 0 Å². The average molecular weight is 487 g/mol. The molecule has 1 fully saturated rings. The third-order valence-corrected chi connectivity index (χ3v) is 4.43. The maximum absolute atomic E-state index is 10.9. The van der Waals surface area contributed by atoms with Crippen LogP contribution in [0.25, 0.3) is 0 Å². The van der Waals surface area contributed by atoms with Gasteiger partial charge in [0.05, 0.1) is 6.54 Å². The molecular formula is C20H34IN5O. The average Bonchev–Trinajstić information content (AvgIpc) is 2.65. The lowest BCUT2D eigenvalue weighted by Gasteiger charge is -2.26. The summed E-state index contributed by atoms with van der Waals surface area (Å²) in [7, 11) is 0. The molecule has 7 heteroatoms. The molecule has 0 aliphatic carbocycles. The minimum absolute atomic E-state index is 0. The number of carbonyl (C=O) groups is 1. The van der Waals surface area contributed by atoms with Gasteiger partial charge in [-0.3, -0.25) is 9.69 Å². The smallest absolute Gasteiger partial charge is 0.216 e. The first-order valence-corrected chi connectivity index (χ1v) is 9.74. The van der Waals surface area contributed by atoms with E-state index in [1.807, 2.05) is 6.92 Å². The van der Waals surface area contributed by atoms with Gasteiger partial charge in [-0.2, -0.15) is 0 Å². The third kappa shape index (κ3) is 9.95. The van der Waals surface area contributed by atoms with Gasteiger partial charge in [0.25, 0.3) is 0 Å². The molecule has 0 aromatic heterocycles. The number of carbonyl (C=O) groups excluding carboxylic acids is 1. The fourth-order valence-corrected chi connectivity index (χ4v) is 3.06. The normalized spacial score (nSPS) is 15.0. The summed E-state index contributed by atoms with van der Waals surface area (Å²) in [5.74, 6) is 0.758. The van der Waals surface area contributed by atoms with Crippen LogP contribution in [-0.2, 0) is 17.9 Å². The van der Waals surface area contributed by atoms with Crippen LogP contribution < -0.4 is 16.0 Å². The molecule has 0 atom stereocenters. The summed E-state index contributed by atoms with van der Waals surface area (Å²) in [4.78, 5) is 18.0. The largest absolute Gasteiger partial charge is 0.357 e. The minimum atomic E-state index is -0.0154. The van der Waals surface area contributed by atoms with Crippen molar-refractivity contribution >= 4 is 35.8 Å². The SMILES string of the molecule is CCNC(=NCc1ccc(CN2CCCCC2)cc1)NCCNC(C)=O.I. The van der Waals surface area contributed by atoms with E-state index in [0.717, 1.165) is 19.0 Å². The van der Waals surface area contributed by atoms with Crippen molar-refractivity contribution in [2.24, 2.45) is 4.99 Å². The van der Waals surface area contributed by atoms with Crippen LogP contribution in [0.1, 0.15) is 44.2 Å². The standard InChI is InChI=1S/C20H33N5O.HI/c1-3-21-20(23-12-11-22-17(2)26)24-15-18-7-9-19(10-8-18)16-25-13-5-4-6-14-25;/h7-10H,3-6,11-16H2,1-2H3,(H,22,26)(H2,21,23,24);1H. The van der Waals surface area contributed by atoms with Gasteiger partial charge in [0.15, 0.2) is 5.96 Å². The number of aliphatic imine (C=N–C) groups is 1. The van der Waals surface area contributed by atoms with Gasteiger partial charge in [-0.1, -0.05) is 30.7 Å². The lowest BCUT2D eigenvalue weighted by atomic mass is 10.1. The molecule has 1 aromatic rings. The van der Waals surface area contributed by atoms with Gasteiger partial charge in [0.2, 0.25) is 5.91 Å². The first-order chi connectivity index (χ1) is 12.7. The van der Waals surface area contributed by atoms with Crippen LogP contribution in [-0.4, -0.2) is 49.5 Å². The number of halogens is 1. The van der Waals surface area contributed by atoms with Crippen molar-refractivity contribution < 1.29 is 4.79 Å². The van der Waals surface area contributed by atoms with E-state index >= 15 is 0 Å². The summed E-state index contributed by atoms with van der Waals surface area (Å²) in [6.07, 6.45) is 4.03. The number of guanidine groups is 1. The molecule has 152 valence electrons. The highest BCUT2D eigenvalue weighted by atomic mass is 127. The zero-order valence-corrected chi connectivity index (χ0v) is 18.9. The van der Waals surface area contributed by atoms with E-state index in [0.29, 0.717) is 19.6 Å². The second kappa shape index (κ2) is 13.8. The Morgan fingerprint density at radius 1 is 1.00 bits per heavy atom. The quantitative estimate of drug-likeness (QED) is 0.228. The monoisotopic (exact) mass is 487 g/mol. The highest BCUT2D eigenvalue weighted by molar-refractivity contribution is 14.0. The molecule has 1 aliphatic rings. The van der Waals surface area contributed by atoms with Crippen molar-refractivity contribution in [1.82, 2.24) is 20.9 Å². The lowest BCUT2D eigenvalue weighted by molar-refractivity contribution is -0.118. The van der Waals surface area contributed by atoms with Gasteiger partial charge >= 0.3 is 0 Å². The van der Waals surface area contributed by atoms with E-state index in [1.54, 1.807) is 0 Å². The summed E-state index contributed by atoms with van der Waals surface area (Å²) >= 11 is 0. The summed E-state index contributed by atoms with van der Waals surface area (Å²) in [5, 5.41) is 9.22. The van der Waals surface area contributed by atoms with Gasteiger partial charge in [-0.05, 0) is 44.0 Å². The number of amides is 1. The van der Waals surface area contributed by atoms with Crippen molar-refractivity contribution in [1.29, 1.82) is 0 Å². The van der Waals surface area contributed by atoms with Crippen LogP contribution in [0.2, 0.25) is 0 Å². The molecule has 0 bridgehead atoms. The van der Waals surface area contributed by atoms with Crippen LogP contribution >= 0.6 is 24.0 Å². The van der Waals surface area contributed by atoms with E-state index in [-0.39, 0.29) is 29.9 Å². The third-order valence-electron chi connectivity index (χ3n) is 4.43. The van der Waals surface area contributed by atoms with Gasteiger partial charge < -0.3 is 16.0 Å². The molecule has 1 heterocycles. The fraction of sp³-hybridized carbons (Fsp3) is 0.600. The highest BCUT2D eigenvalue weighted by Gasteiger charge is 2.10. The Morgan fingerprint density at radius 3 is 2.26 bits per heavy atom. The predicted molar refractivity (Wildman–Crippen MR) is 122 cm³/mol. The molecule has 0 spiro atoms. The molecule has 1 aliphatic heterocycles. The van der Waals surface area contributed by atoms with Crippen LogP contribution in [0.4, 0.5) is 0 Å². The molecule has 27 heavy (non-hydrogen) atoms. The van der Waals surface area contributed by atoms with Crippen LogP contribution in [0.3, 0.4) is 0 Å². The molecule has 1 amide bonds. The molecule has 6 nitrogen and oxygen atoms in total. The molecule has 1 saturated heterocycles. The van der Waals surface area contributed by atoms with Crippen LogP contribution in [0, 0.1) is 0 Å². The maximum Gasteiger partial charge on any atom is 0.216 e. The second-order valence-electron chi connectivity index (χ2n) is 6.76. The fourth-order valence-electron chi connectivity index (χ4n) is 3.06. The number of hydrogen-bond donors (Lipinski definition) is 3. The number of likely N-dealkylation sites (tertiary alicyclic amines) is 1. The van der Waals surface area contributed by atoms with E-state index in [2.05, 4.69) is 50.1 Å². The van der Waals surface area contributed by atoms with Crippen molar-refractivity contribution in [3.8, 4) is 0 Å². The molecule has 0 unspecified atom stereocenters. The first kappa shape index (κ1) is 23.7. The molecule has 3 N–H and O–H groups in total.